The Morgan fingerprint density at radius 3 is 1.51 bits per heavy atom. The Kier molecular flexibility index (Phi) is 16.7. The number of rotatable bonds is 20. The number of carbonyl (C=O) groups is 3. The van der Waals surface area contributed by atoms with E-state index in [1.54, 1.807) is 20.8 Å². The predicted octanol–water partition coefficient (Wildman–Crippen LogP) is 9.44. The summed E-state index contributed by atoms with van der Waals surface area (Å²) in [4.78, 5) is 42.0. The van der Waals surface area contributed by atoms with Crippen molar-refractivity contribution in [2.45, 2.75) is 102 Å². The molecule has 1 heterocycles. The number of benzene rings is 6. The Bertz CT molecular complexity index is 2530. The molecule has 1 aliphatic carbocycles. The van der Waals surface area contributed by atoms with E-state index in [4.69, 9.17) is 33.2 Å². The Morgan fingerprint density at radius 1 is 0.551 bits per heavy atom. The fourth-order valence-corrected chi connectivity index (χ4v) is 8.66. The second-order valence-corrected chi connectivity index (χ2v) is 18.2. The monoisotopic (exact) mass is 932 g/mol. The van der Waals surface area contributed by atoms with Crippen LogP contribution in [0.25, 0.3) is 11.1 Å². The van der Waals surface area contributed by atoms with Gasteiger partial charge in [0.2, 0.25) is 5.91 Å². The number of hydrogen-bond donors (Lipinski definition) is 2. The van der Waals surface area contributed by atoms with Crippen molar-refractivity contribution in [2.75, 3.05) is 13.2 Å². The zero-order valence-electron chi connectivity index (χ0n) is 39.2. The van der Waals surface area contributed by atoms with Crippen molar-refractivity contribution in [1.82, 2.24) is 10.6 Å². The lowest BCUT2D eigenvalue weighted by Gasteiger charge is -2.46. The van der Waals surface area contributed by atoms with E-state index in [1.807, 2.05) is 170 Å². The van der Waals surface area contributed by atoms with Gasteiger partial charge in [-0.3, -0.25) is 4.79 Å². The summed E-state index contributed by atoms with van der Waals surface area (Å²) in [6, 6.07) is 53.6. The highest BCUT2D eigenvalue weighted by atomic mass is 16.6. The van der Waals surface area contributed by atoms with E-state index >= 15 is 0 Å². The Hall–Kier alpha value is -6.67. The van der Waals surface area contributed by atoms with Gasteiger partial charge < -0.3 is 43.8 Å². The molecule has 1 aliphatic heterocycles. The van der Waals surface area contributed by atoms with E-state index in [2.05, 4.69) is 10.6 Å². The zero-order chi connectivity index (χ0) is 48.0. The minimum atomic E-state index is -1.43. The maximum absolute atomic E-state index is 14.5. The maximum atomic E-state index is 14.5. The lowest BCUT2D eigenvalue weighted by molar-refractivity contribution is -0.277. The van der Waals surface area contributed by atoms with Crippen molar-refractivity contribution >= 4 is 18.0 Å². The minimum Gasteiger partial charge on any atom is -0.458 e. The van der Waals surface area contributed by atoms with Gasteiger partial charge in [-0.1, -0.05) is 170 Å². The standard InChI is InChI=1S/C57H60N2O10/c1-57(2,3)69-55(61)48(58-56(62)67-37-47-45-30-18-16-28-43(45)44-29-17-19-31-46(44)47)32-50(60)59-54-53(66-36-42-26-14-7-15-27-42)52(65-35-41-24-12-6-13-25-41)51(64-34-40-22-10-5-11-23-40)49(68-54)38-63-33-39-20-8-4-9-21-39/h4-31,47-49,51-54H,32-38H2,1-3H3,(H,58,62)(H,59,60)/t48-,49+,51+,52-,53+,54-/m0/s1. The summed E-state index contributed by atoms with van der Waals surface area (Å²) >= 11 is 0. The summed E-state index contributed by atoms with van der Waals surface area (Å²) in [5.41, 5.74) is 7.02. The van der Waals surface area contributed by atoms with Crippen molar-refractivity contribution in [1.29, 1.82) is 0 Å². The van der Waals surface area contributed by atoms with Crippen LogP contribution in [-0.2, 0) is 69.2 Å². The molecule has 6 aromatic carbocycles. The molecule has 0 bridgehead atoms. The fourth-order valence-electron chi connectivity index (χ4n) is 8.66. The van der Waals surface area contributed by atoms with Crippen molar-refractivity contribution in [3.63, 3.8) is 0 Å². The van der Waals surface area contributed by atoms with Gasteiger partial charge in [0.25, 0.3) is 0 Å². The third-order valence-electron chi connectivity index (χ3n) is 11.9. The number of carbonyl (C=O) groups excluding carboxylic acids is 3. The zero-order valence-corrected chi connectivity index (χ0v) is 39.2. The molecule has 0 aromatic heterocycles. The first-order valence-electron chi connectivity index (χ1n) is 23.5. The van der Waals surface area contributed by atoms with Crippen molar-refractivity contribution in [2.24, 2.45) is 0 Å². The first kappa shape index (κ1) is 48.8. The number of alkyl carbamates (subject to hydrolysis) is 1. The van der Waals surface area contributed by atoms with Gasteiger partial charge in [0.05, 0.1) is 39.5 Å². The summed E-state index contributed by atoms with van der Waals surface area (Å²) in [6.45, 7) is 6.10. The number of ether oxygens (including phenoxy) is 7. The summed E-state index contributed by atoms with van der Waals surface area (Å²) in [7, 11) is 0. The molecule has 6 aromatic rings. The molecule has 2 N–H and O–H groups in total. The molecule has 2 amide bonds. The van der Waals surface area contributed by atoms with E-state index in [1.165, 1.54) is 0 Å². The molecule has 1 fully saturated rings. The Balaban J connectivity index is 1.05. The smallest absolute Gasteiger partial charge is 0.407 e. The summed E-state index contributed by atoms with van der Waals surface area (Å²) in [5.74, 6) is -1.65. The first-order chi connectivity index (χ1) is 33.6. The predicted molar refractivity (Wildman–Crippen MR) is 260 cm³/mol. The molecule has 6 atom stereocenters. The molecule has 69 heavy (non-hydrogen) atoms. The van der Waals surface area contributed by atoms with Crippen LogP contribution in [0.4, 0.5) is 4.79 Å². The summed E-state index contributed by atoms with van der Waals surface area (Å²) in [5, 5.41) is 5.65. The summed E-state index contributed by atoms with van der Waals surface area (Å²) < 4.78 is 45.0. The van der Waals surface area contributed by atoms with Crippen LogP contribution in [0.3, 0.4) is 0 Å². The molecule has 0 spiro atoms. The van der Waals surface area contributed by atoms with E-state index in [0.717, 1.165) is 44.5 Å². The molecule has 0 radical (unpaired) electrons. The first-order valence-corrected chi connectivity index (χ1v) is 23.5. The highest BCUT2D eigenvalue weighted by molar-refractivity contribution is 5.88. The van der Waals surface area contributed by atoms with Crippen molar-refractivity contribution in [3.05, 3.63) is 203 Å². The third kappa shape index (κ3) is 13.5. The van der Waals surface area contributed by atoms with Crippen molar-refractivity contribution < 1.29 is 47.5 Å². The molecule has 2 aliphatic rings. The van der Waals surface area contributed by atoms with Crippen LogP contribution in [0.2, 0.25) is 0 Å². The fraction of sp³-hybridized carbons (Fsp3) is 0.316. The molecular weight excluding hydrogens is 873 g/mol. The van der Waals surface area contributed by atoms with Gasteiger partial charge >= 0.3 is 12.1 Å². The van der Waals surface area contributed by atoms with Gasteiger partial charge in [-0.25, -0.2) is 9.59 Å². The lowest BCUT2D eigenvalue weighted by Crippen LogP contribution is -2.65. The van der Waals surface area contributed by atoms with Crippen LogP contribution in [0, 0.1) is 0 Å². The highest BCUT2D eigenvalue weighted by Crippen LogP contribution is 2.44. The van der Waals surface area contributed by atoms with Gasteiger partial charge in [0.1, 0.15) is 42.7 Å². The van der Waals surface area contributed by atoms with Gasteiger partial charge in [-0.05, 0) is 65.3 Å². The number of esters is 1. The van der Waals surface area contributed by atoms with Gasteiger partial charge in [0, 0.05) is 5.92 Å². The SMILES string of the molecule is CC(C)(C)OC(=O)[C@H](CC(=O)N[C@H]1O[C@H](COCc2ccccc2)[C@@H](OCc2ccccc2)[C@H](OCc2ccccc2)[C@H]1OCc1ccccc1)NC(=O)OCC1c2ccccc2-c2ccccc21. The van der Waals surface area contributed by atoms with Gasteiger partial charge in [-0.2, -0.15) is 0 Å². The average Bonchev–Trinajstić information content (AvgIpc) is 3.68. The molecule has 12 nitrogen and oxygen atoms in total. The molecule has 1 saturated heterocycles. The molecular formula is C57H60N2O10. The molecule has 0 saturated carbocycles. The maximum Gasteiger partial charge on any atom is 0.407 e. The van der Waals surface area contributed by atoms with Gasteiger partial charge in [0.15, 0.2) is 6.23 Å². The Morgan fingerprint density at radius 2 is 1.00 bits per heavy atom. The quantitative estimate of drug-likeness (QED) is 0.0712. The van der Waals surface area contributed by atoms with E-state index in [9.17, 15) is 14.4 Å². The van der Waals surface area contributed by atoms with Gasteiger partial charge in [-0.15, -0.1) is 0 Å². The minimum absolute atomic E-state index is 0.00898. The second kappa shape index (κ2) is 23.6. The number of nitrogens with one attached hydrogen (secondary N) is 2. The molecule has 8 rings (SSSR count). The van der Waals surface area contributed by atoms with Crippen LogP contribution in [0.5, 0.6) is 0 Å². The van der Waals surface area contributed by atoms with E-state index in [-0.39, 0.29) is 39.0 Å². The van der Waals surface area contributed by atoms with Crippen LogP contribution in [-0.4, -0.2) is 73.5 Å². The van der Waals surface area contributed by atoms with E-state index in [0.29, 0.717) is 6.61 Å². The number of fused-ring (bicyclic) bond motifs is 3. The van der Waals surface area contributed by atoms with Crippen molar-refractivity contribution in [3.8, 4) is 11.1 Å². The Labute approximate surface area is 404 Å². The van der Waals surface area contributed by atoms with Crippen LogP contribution in [0.1, 0.15) is 66.5 Å². The normalized spacial score (nSPS) is 19.1. The number of amides is 2. The van der Waals surface area contributed by atoms with Crippen LogP contribution >= 0.6 is 0 Å². The molecule has 358 valence electrons. The molecule has 0 unspecified atom stereocenters. The second-order valence-electron chi connectivity index (χ2n) is 18.2. The van der Waals surface area contributed by atoms with Crippen LogP contribution < -0.4 is 10.6 Å². The third-order valence-corrected chi connectivity index (χ3v) is 11.9. The average molecular weight is 933 g/mol. The molecule has 12 heteroatoms. The van der Waals surface area contributed by atoms with Crippen LogP contribution in [0.15, 0.2) is 170 Å². The topological polar surface area (TPSA) is 140 Å². The highest BCUT2D eigenvalue weighted by Gasteiger charge is 2.49. The largest absolute Gasteiger partial charge is 0.458 e. The summed E-state index contributed by atoms with van der Waals surface area (Å²) in [6.07, 6.45) is -5.81. The number of hydrogen-bond acceptors (Lipinski definition) is 10. The van der Waals surface area contributed by atoms with E-state index < -0.39 is 66.7 Å². The lowest BCUT2D eigenvalue weighted by atomic mass is 9.96.